The lowest BCUT2D eigenvalue weighted by atomic mass is 9.85. The third kappa shape index (κ3) is 7.78. The second kappa shape index (κ2) is 14.7. The number of benzene rings is 4. The van der Waals surface area contributed by atoms with Crippen molar-refractivity contribution in [2.45, 2.75) is 35.9 Å². The van der Waals surface area contributed by atoms with E-state index in [-0.39, 0.29) is 30.4 Å². The highest BCUT2D eigenvalue weighted by molar-refractivity contribution is 7.91. The predicted octanol–water partition coefficient (Wildman–Crippen LogP) is 5.17. The number of halogens is 2. The minimum absolute atomic E-state index is 0.00533. The summed E-state index contributed by atoms with van der Waals surface area (Å²) in [6.07, 6.45) is -0.904. The molecule has 4 aromatic rings. The number of carbonyl (C=O) groups is 1. The van der Waals surface area contributed by atoms with Gasteiger partial charge in [0.2, 0.25) is 5.90 Å². The van der Waals surface area contributed by atoms with Gasteiger partial charge in [-0.3, -0.25) is 4.79 Å². The zero-order chi connectivity index (χ0) is 33.4. The molecular weight excluding hydrogens is 630 g/mol. The number of carbonyl (C=O) groups excluding carboxylic acids is 1. The minimum Gasteiger partial charge on any atom is -0.497 e. The van der Waals surface area contributed by atoms with Crippen molar-refractivity contribution in [3.63, 3.8) is 0 Å². The standard InChI is InChI=1S/C35H34F2N2O7S/c1-44-28-8-5-7-26(22-28)32-35(17-20-47(42,43)29-9-3-2-4-10-29,34(41)38-23-24-11-16-30(36)31(37)21-24)39-33(46-32)25-12-14-27(15-13-25)45-19-6-18-40/h2-5,7-16,21-22,32,40H,6,17-20,23H2,1H3,(H,38,41)/t32-,35-/m1/s1. The van der Waals surface area contributed by atoms with Crippen molar-refractivity contribution < 1.29 is 41.3 Å². The number of aliphatic hydroxyl groups is 1. The van der Waals surface area contributed by atoms with Crippen molar-refractivity contribution in [1.29, 1.82) is 0 Å². The van der Waals surface area contributed by atoms with Gasteiger partial charge in [0.15, 0.2) is 33.1 Å². The zero-order valence-corrected chi connectivity index (χ0v) is 26.4. The number of amides is 1. The van der Waals surface area contributed by atoms with Gasteiger partial charge < -0.3 is 24.6 Å². The summed E-state index contributed by atoms with van der Waals surface area (Å²) in [4.78, 5) is 19.2. The molecule has 1 amide bonds. The fraction of sp³-hybridized carbons (Fsp3) is 0.257. The molecule has 0 spiro atoms. The van der Waals surface area contributed by atoms with Crippen LogP contribution in [0, 0.1) is 11.6 Å². The zero-order valence-electron chi connectivity index (χ0n) is 25.6. The van der Waals surface area contributed by atoms with Crippen LogP contribution in [0.3, 0.4) is 0 Å². The third-order valence-electron chi connectivity index (χ3n) is 7.72. The Kier molecular flexibility index (Phi) is 10.5. The van der Waals surface area contributed by atoms with Crippen molar-refractivity contribution in [2.24, 2.45) is 4.99 Å². The molecule has 1 aliphatic rings. The molecule has 1 heterocycles. The molecule has 0 aromatic heterocycles. The van der Waals surface area contributed by atoms with Crippen LogP contribution in [0.1, 0.15) is 35.6 Å². The first kappa shape index (κ1) is 33.6. The van der Waals surface area contributed by atoms with E-state index in [1.54, 1.807) is 66.7 Å². The van der Waals surface area contributed by atoms with Crippen LogP contribution in [-0.4, -0.2) is 56.9 Å². The molecule has 246 valence electrons. The number of rotatable bonds is 14. The smallest absolute Gasteiger partial charge is 0.252 e. The van der Waals surface area contributed by atoms with Gasteiger partial charge in [-0.15, -0.1) is 0 Å². The van der Waals surface area contributed by atoms with Gasteiger partial charge in [-0.05, 0) is 71.8 Å². The van der Waals surface area contributed by atoms with Crippen LogP contribution in [0.2, 0.25) is 0 Å². The third-order valence-corrected chi connectivity index (χ3v) is 9.45. The Hall–Kier alpha value is -4.81. The highest BCUT2D eigenvalue weighted by atomic mass is 32.2. The average Bonchev–Trinajstić information content (AvgIpc) is 3.50. The summed E-state index contributed by atoms with van der Waals surface area (Å²) in [5.41, 5.74) is -0.499. The van der Waals surface area contributed by atoms with Gasteiger partial charge in [-0.2, -0.15) is 0 Å². The first-order valence-electron chi connectivity index (χ1n) is 14.9. The molecule has 0 saturated heterocycles. The van der Waals surface area contributed by atoms with E-state index in [0.29, 0.717) is 41.2 Å². The molecule has 0 aliphatic carbocycles. The first-order valence-corrected chi connectivity index (χ1v) is 16.5. The molecule has 0 unspecified atom stereocenters. The fourth-order valence-electron chi connectivity index (χ4n) is 5.20. The summed E-state index contributed by atoms with van der Waals surface area (Å²) in [7, 11) is -2.37. The number of methoxy groups -OCH3 is 1. The van der Waals surface area contributed by atoms with Crippen LogP contribution in [0.15, 0.2) is 107 Å². The van der Waals surface area contributed by atoms with Crippen LogP contribution in [0.25, 0.3) is 0 Å². The summed E-state index contributed by atoms with van der Waals surface area (Å²) in [5, 5.41) is 11.8. The SMILES string of the molecule is COc1cccc([C@H]2OC(c3ccc(OCCCO)cc3)=N[C@@]2(CCS(=O)(=O)c2ccccc2)C(=O)NCc2ccc(F)c(F)c2)c1. The number of aliphatic imine (C=N–C) groups is 1. The van der Waals surface area contributed by atoms with E-state index in [4.69, 9.17) is 24.3 Å². The van der Waals surface area contributed by atoms with E-state index in [9.17, 15) is 22.0 Å². The van der Waals surface area contributed by atoms with Gasteiger partial charge in [-0.25, -0.2) is 22.2 Å². The molecule has 1 aliphatic heterocycles. The molecule has 0 fully saturated rings. The number of sulfone groups is 1. The van der Waals surface area contributed by atoms with Crippen LogP contribution in [-0.2, 0) is 25.9 Å². The van der Waals surface area contributed by atoms with Gasteiger partial charge in [0.25, 0.3) is 5.91 Å². The number of ether oxygens (including phenoxy) is 3. The Morgan fingerprint density at radius 2 is 1.72 bits per heavy atom. The van der Waals surface area contributed by atoms with Crippen molar-refractivity contribution in [3.05, 3.63) is 125 Å². The molecule has 0 bridgehead atoms. The second-order valence-electron chi connectivity index (χ2n) is 10.9. The summed E-state index contributed by atoms with van der Waals surface area (Å²) >= 11 is 0. The molecule has 5 rings (SSSR count). The molecule has 0 saturated carbocycles. The van der Waals surface area contributed by atoms with E-state index in [1.807, 2.05) is 0 Å². The Labute approximate surface area is 271 Å². The molecule has 9 nitrogen and oxygen atoms in total. The minimum atomic E-state index is -3.87. The van der Waals surface area contributed by atoms with Gasteiger partial charge in [0, 0.05) is 31.6 Å². The van der Waals surface area contributed by atoms with Crippen molar-refractivity contribution >= 4 is 21.6 Å². The quantitative estimate of drug-likeness (QED) is 0.178. The number of nitrogens with one attached hydrogen (secondary N) is 1. The monoisotopic (exact) mass is 664 g/mol. The molecular formula is C35H34F2N2O7S. The maximum absolute atomic E-state index is 14.3. The van der Waals surface area contributed by atoms with Gasteiger partial charge in [-0.1, -0.05) is 36.4 Å². The second-order valence-corrected chi connectivity index (χ2v) is 13.0. The van der Waals surface area contributed by atoms with Crippen molar-refractivity contribution in [3.8, 4) is 11.5 Å². The molecule has 4 aromatic carbocycles. The fourth-order valence-corrected chi connectivity index (χ4v) is 6.58. The normalized spacial score (nSPS) is 17.4. The molecule has 2 atom stereocenters. The molecule has 2 N–H and O–H groups in total. The van der Waals surface area contributed by atoms with Gasteiger partial charge in [0.05, 0.1) is 24.4 Å². The average molecular weight is 665 g/mol. The topological polar surface area (TPSA) is 124 Å². The van der Waals surface area contributed by atoms with E-state index >= 15 is 0 Å². The summed E-state index contributed by atoms with van der Waals surface area (Å²) in [6.45, 7) is 0.135. The Balaban J connectivity index is 1.56. The number of aliphatic hydroxyl groups excluding tert-OH is 1. The molecule has 47 heavy (non-hydrogen) atoms. The van der Waals surface area contributed by atoms with E-state index in [0.717, 1.165) is 12.1 Å². The number of hydrogen-bond donors (Lipinski definition) is 2. The van der Waals surface area contributed by atoms with E-state index in [2.05, 4.69) is 5.32 Å². The van der Waals surface area contributed by atoms with Gasteiger partial charge in [0.1, 0.15) is 11.5 Å². The van der Waals surface area contributed by atoms with Crippen LogP contribution in [0.5, 0.6) is 11.5 Å². The maximum atomic E-state index is 14.3. The Morgan fingerprint density at radius 3 is 2.43 bits per heavy atom. The lowest BCUT2D eigenvalue weighted by molar-refractivity contribution is -0.129. The van der Waals surface area contributed by atoms with Gasteiger partial charge >= 0.3 is 0 Å². The summed E-state index contributed by atoms with van der Waals surface area (Å²) in [5.74, 6) is -2.08. The summed E-state index contributed by atoms with van der Waals surface area (Å²) in [6, 6.07) is 24.8. The molecule has 0 radical (unpaired) electrons. The number of hydrogen-bond acceptors (Lipinski definition) is 8. The first-order chi connectivity index (χ1) is 22.6. The maximum Gasteiger partial charge on any atom is 0.252 e. The van der Waals surface area contributed by atoms with Crippen molar-refractivity contribution in [2.75, 3.05) is 26.1 Å². The molecule has 12 heteroatoms. The largest absolute Gasteiger partial charge is 0.497 e. The Morgan fingerprint density at radius 1 is 0.957 bits per heavy atom. The number of nitrogens with zero attached hydrogens (tertiary/aromatic N) is 1. The van der Waals surface area contributed by atoms with Crippen molar-refractivity contribution in [1.82, 2.24) is 5.32 Å². The van der Waals surface area contributed by atoms with Crippen LogP contribution in [0.4, 0.5) is 8.78 Å². The van der Waals surface area contributed by atoms with E-state index in [1.165, 1.54) is 25.3 Å². The highest BCUT2D eigenvalue weighted by Crippen LogP contribution is 2.44. The lowest BCUT2D eigenvalue weighted by Crippen LogP contribution is -2.49. The van der Waals surface area contributed by atoms with Crippen LogP contribution < -0.4 is 14.8 Å². The predicted molar refractivity (Wildman–Crippen MR) is 171 cm³/mol. The van der Waals surface area contributed by atoms with Crippen LogP contribution >= 0.6 is 0 Å². The van der Waals surface area contributed by atoms with E-state index < -0.39 is 44.8 Å². The lowest BCUT2D eigenvalue weighted by Gasteiger charge is -2.30. The Bertz CT molecular complexity index is 1840. The summed E-state index contributed by atoms with van der Waals surface area (Å²) < 4.78 is 72.0. The highest BCUT2D eigenvalue weighted by Gasteiger charge is 2.53.